The zero-order chi connectivity index (χ0) is 64.1. The quantitative estimate of drug-likeness (QED) is 0.0211. The lowest BCUT2D eigenvalue weighted by Gasteiger charge is -2.24. The second-order valence-corrected chi connectivity index (χ2v) is 24.5. The standard InChI is InChI=1S/C78H124NO8P/c1-6-8-10-12-14-16-18-20-22-24-26-28-30-31-32-33-34-35-36-37-38-39-40-41-42-43-44-45-46-47-49-51-53-55-57-59-61-63-65-67-69-71-78(81)87-76(75-86-88(82,83)85-73-72-79(3,4)5)74-84-77(80)70-68-66-64-62-60-58-56-54-52-50-48-29-27-25-23-21-19-17-15-13-11-9-7-2/h8-11,14-17,20-23,26-29,31-32,34-35,37-38,40-41,43-44,46-47,50-53,76H,6-7,12-13,18-19,24-25,30,33,36,39,42,45,48-49,54-75H2,1-5H3/p+1/b10-8-,11-9-,16-14-,17-15-,22-20-,23-21-,28-26-,29-27-,32-31-,35-34-,38-37-,41-40-,44-43-,47-46-,52-50-,53-51-. The van der Waals surface area contributed by atoms with Crippen LogP contribution in [0.25, 0.3) is 0 Å². The topological polar surface area (TPSA) is 108 Å². The molecule has 10 heteroatoms. The highest BCUT2D eigenvalue weighted by Crippen LogP contribution is 2.43. The first kappa shape index (κ1) is 82.8. The minimum atomic E-state index is -4.41. The van der Waals surface area contributed by atoms with Gasteiger partial charge in [0.1, 0.15) is 19.8 Å². The van der Waals surface area contributed by atoms with Crippen LogP contribution < -0.4 is 0 Å². The third kappa shape index (κ3) is 69.9. The molecule has 0 fully saturated rings. The van der Waals surface area contributed by atoms with E-state index in [2.05, 4.69) is 208 Å². The Morgan fingerprint density at radius 3 is 0.909 bits per heavy atom. The normalized spacial score (nSPS) is 14.4. The molecule has 0 radical (unpaired) electrons. The van der Waals surface area contributed by atoms with Crippen molar-refractivity contribution in [3.05, 3.63) is 194 Å². The first-order valence-corrected chi connectivity index (χ1v) is 35.7. The average Bonchev–Trinajstić information content (AvgIpc) is 3.58. The Bertz CT molecular complexity index is 2190. The molecule has 0 saturated heterocycles. The van der Waals surface area contributed by atoms with Crippen LogP contribution in [0.15, 0.2) is 194 Å². The van der Waals surface area contributed by atoms with Gasteiger partial charge in [0.2, 0.25) is 0 Å². The summed E-state index contributed by atoms with van der Waals surface area (Å²) < 4.78 is 34.6. The summed E-state index contributed by atoms with van der Waals surface area (Å²) in [4.78, 5) is 35.8. The van der Waals surface area contributed by atoms with Crippen molar-refractivity contribution in [2.24, 2.45) is 0 Å². The monoisotopic (exact) mass is 1230 g/mol. The molecule has 494 valence electrons. The van der Waals surface area contributed by atoms with Crippen LogP contribution in [0.3, 0.4) is 0 Å². The van der Waals surface area contributed by atoms with Gasteiger partial charge in [-0.1, -0.05) is 272 Å². The zero-order valence-electron chi connectivity index (χ0n) is 56.1. The van der Waals surface area contributed by atoms with Crippen LogP contribution in [0.2, 0.25) is 0 Å². The lowest BCUT2D eigenvalue weighted by Crippen LogP contribution is -2.37. The molecular formula is C78H125NO8P+. The Balaban J connectivity index is 4.18. The Hall–Kier alpha value is -5.15. The molecule has 0 heterocycles. The number of rotatable bonds is 60. The molecular weight excluding hydrogens is 1110 g/mol. The number of hydrogen-bond acceptors (Lipinski definition) is 7. The number of allylic oxidation sites excluding steroid dienone is 32. The molecule has 88 heavy (non-hydrogen) atoms. The number of likely N-dealkylation sites (N-methyl/N-ethyl adjacent to an activating group) is 1. The maximum atomic E-state index is 12.9. The predicted molar refractivity (Wildman–Crippen MR) is 380 cm³/mol. The summed E-state index contributed by atoms with van der Waals surface area (Å²) in [6.07, 6.45) is 104. The number of unbranched alkanes of at least 4 members (excludes halogenated alkanes) is 14. The van der Waals surface area contributed by atoms with Crippen molar-refractivity contribution in [2.45, 2.75) is 238 Å². The van der Waals surface area contributed by atoms with Gasteiger partial charge in [-0.2, -0.15) is 0 Å². The summed E-state index contributed by atoms with van der Waals surface area (Å²) in [5.74, 6) is -0.837. The molecule has 0 spiro atoms. The van der Waals surface area contributed by atoms with Crippen LogP contribution in [0.1, 0.15) is 232 Å². The van der Waals surface area contributed by atoms with Gasteiger partial charge in [-0.15, -0.1) is 0 Å². The van der Waals surface area contributed by atoms with Gasteiger partial charge in [0.05, 0.1) is 27.7 Å². The van der Waals surface area contributed by atoms with Crippen LogP contribution in [0, 0.1) is 0 Å². The number of carbonyl (C=O) groups excluding carboxylic acids is 2. The molecule has 0 saturated carbocycles. The molecule has 2 atom stereocenters. The van der Waals surface area contributed by atoms with E-state index in [0.717, 1.165) is 161 Å². The van der Waals surface area contributed by atoms with Gasteiger partial charge in [-0.25, -0.2) is 4.57 Å². The zero-order valence-corrected chi connectivity index (χ0v) is 57.0. The summed E-state index contributed by atoms with van der Waals surface area (Å²) in [6.45, 7) is 4.15. The predicted octanol–water partition coefficient (Wildman–Crippen LogP) is 22.5. The van der Waals surface area contributed by atoms with E-state index in [1.165, 1.54) is 32.1 Å². The van der Waals surface area contributed by atoms with E-state index in [0.29, 0.717) is 23.9 Å². The Labute approximate surface area is 539 Å². The number of quaternary nitrogens is 1. The van der Waals surface area contributed by atoms with Crippen LogP contribution in [0.4, 0.5) is 0 Å². The lowest BCUT2D eigenvalue weighted by molar-refractivity contribution is -0.870. The third-order valence-electron chi connectivity index (χ3n) is 13.6. The second-order valence-electron chi connectivity index (χ2n) is 23.1. The van der Waals surface area contributed by atoms with E-state index in [1.54, 1.807) is 0 Å². The van der Waals surface area contributed by atoms with Crippen molar-refractivity contribution in [1.82, 2.24) is 0 Å². The number of esters is 2. The molecule has 0 aromatic heterocycles. The van der Waals surface area contributed by atoms with E-state index >= 15 is 0 Å². The molecule has 9 nitrogen and oxygen atoms in total. The minimum Gasteiger partial charge on any atom is -0.462 e. The highest BCUT2D eigenvalue weighted by Gasteiger charge is 2.27. The molecule has 0 aliphatic rings. The number of carbonyl (C=O) groups is 2. The van der Waals surface area contributed by atoms with Crippen molar-refractivity contribution in [2.75, 3.05) is 47.5 Å². The van der Waals surface area contributed by atoms with E-state index in [4.69, 9.17) is 18.5 Å². The average molecular weight is 1240 g/mol. The summed E-state index contributed by atoms with van der Waals surface area (Å²) in [7, 11) is 1.43. The Morgan fingerprint density at radius 2 is 0.614 bits per heavy atom. The molecule has 0 aliphatic heterocycles. The number of phosphoric ester groups is 1. The molecule has 0 bridgehead atoms. The fourth-order valence-electron chi connectivity index (χ4n) is 8.46. The lowest BCUT2D eigenvalue weighted by atomic mass is 10.1. The van der Waals surface area contributed by atoms with Crippen molar-refractivity contribution in [3.63, 3.8) is 0 Å². The first-order chi connectivity index (χ1) is 43.0. The highest BCUT2D eigenvalue weighted by atomic mass is 31.2. The van der Waals surface area contributed by atoms with Gasteiger partial charge in [0.25, 0.3) is 0 Å². The Morgan fingerprint density at radius 1 is 0.352 bits per heavy atom. The fraction of sp³-hybridized carbons (Fsp3) is 0.564. The molecule has 0 aliphatic carbocycles. The van der Waals surface area contributed by atoms with Gasteiger partial charge >= 0.3 is 19.8 Å². The van der Waals surface area contributed by atoms with Gasteiger partial charge in [-0.3, -0.25) is 18.6 Å². The summed E-state index contributed by atoms with van der Waals surface area (Å²) in [5, 5.41) is 0. The SMILES string of the molecule is CC/C=C\C/C=C\C/C=C\C/C=C\C/C=C\C/C=C\C/C=C\C/C=C\C/C=C\C/C=C\C/C=C\CCCCCCCCCC(=O)OC(COC(=O)CCCCCCCCC/C=C\C/C=C\C/C=C\C/C=C\C/C=C\CC)COP(=O)(O)OCC[N+](C)(C)C. The molecule has 0 aromatic carbocycles. The van der Waals surface area contributed by atoms with E-state index in [1.807, 2.05) is 21.1 Å². The molecule has 0 aromatic rings. The maximum Gasteiger partial charge on any atom is 0.472 e. The van der Waals surface area contributed by atoms with Crippen molar-refractivity contribution in [3.8, 4) is 0 Å². The molecule has 2 unspecified atom stereocenters. The van der Waals surface area contributed by atoms with Crippen molar-refractivity contribution >= 4 is 19.8 Å². The number of hydrogen-bond donors (Lipinski definition) is 1. The third-order valence-corrected chi connectivity index (χ3v) is 14.6. The van der Waals surface area contributed by atoms with Gasteiger partial charge in [-0.05, 0) is 141 Å². The van der Waals surface area contributed by atoms with E-state index < -0.39 is 26.5 Å². The number of ether oxygens (including phenoxy) is 2. The van der Waals surface area contributed by atoms with Crippen LogP contribution in [0.5, 0.6) is 0 Å². The second kappa shape index (κ2) is 66.3. The van der Waals surface area contributed by atoms with Gasteiger partial charge in [0, 0.05) is 12.8 Å². The van der Waals surface area contributed by atoms with Crippen LogP contribution in [-0.2, 0) is 32.7 Å². The van der Waals surface area contributed by atoms with Gasteiger partial charge < -0.3 is 18.9 Å². The number of nitrogens with zero attached hydrogens (tertiary/aromatic N) is 1. The first-order valence-electron chi connectivity index (χ1n) is 34.2. The summed E-state index contributed by atoms with van der Waals surface area (Å²) in [5.41, 5.74) is 0. The van der Waals surface area contributed by atoms with Crippen molar-refractivity contribution in [1.29, 1.82) is 0 Å². The van der Waals surface area contributed by atoms with Crippen LogP contribution >= 0.6 is 7.82 Å². The smallest absolute Gasteiger partial charge is 0.462 e. The Kier molecular flexibility index (Phi) is 62.4. The maximum absolute atomic E-state index is 12.9. The minimum absolute atomic E-state index is 0.0165. The van der Waals surface area contributed by atoms with Crippen molar-refractivity contribution < 1.29 is 42.1 Å². The molecule has 0 amide bonds. The van der Waals surface area contributed by atoms with Crippen LogP contribution in [-0.4, -0.2) is 74.9 Å². The summed E-state index contributed by atoms with van der Waals surface area (Å²) >= 11 is 0. The van der Waals surface area contributed by atoms with E-state index in [-0.39, 0.29) is 32.0 Å². The fourth-order valence-corrected chi connectivity index (χ4v) is 9.20. The van der Waals surface area contributed by atoms with Gasteiger partial charge in [0.15, 0.2) is 6.10 Å². The highest BCUT2D eigenvalue weighted by molar-refractivity contribution is 7.47. The summed E-state index contributed by atoms with van der Waals surface area (Å²) in [6, 6.07) is 0. The molecule has 1 N–H and O–H groups in total. The largest absolute Gasteiger partial charge is 0.472 e. The molecule has 0 rings (SSSR count). The number of phosphoric acid groups is 1. The van der Waals surface area contributed by atoms with E-state index in [9.17, 15) is 19.0 Å².